The van der Waals surface area contributed by atoms with Crippen molar-refractivity contribution in [1.29, 1.82) is 0 Å². The van der Waals surface area contributed by atoms with Crippen molar-refractivity contribution < 1.29 is 0 Å². The van der Waals surface area contributed by atoms with Crippen LogP contribution in [0.4, 0.5) is 5.69 Å². The zero-order valence-corrected chi connectivity index (χ0v) is 9.09. The highest BCUT2D eigenvalue weighted by atomic mass is 14.8. The fraction of sp³-hybridized carbons (Fsp3) is 0.500. The molecule has 0 saturated carbocycles. The van der Waals surface area contributed by atoms with E-state index in [9.17, 15) is 0 Å². The molecule has 0 saturated heterocycles. The smallest absolute Gasteiger partial charge is 0.0314 e. The van der Waals surface area contributed by atoms with Crippen LogP contribution in [0.1, 0.15) is 31.2 Å². The molecule has 0 radical (unpaired) electrons. The van der Waals surface area contributed by atoms with E-state index in [1.165, 1.54) is 18.4 Å². The van der Waals surface area contributed by atoms with Gasteiger partial charge >= 0.3 is 0 Å². The lowest BCUT2D eigenvalue weighted by atomic mass is 9.93. The number of rotatable bonds is 5. The molecule has 0 fully saturated rings. The molecule has 0 aliphatic carbocycles. The van der Waals surface area contributed by atoms with Crippen molar-refractivity contribution in [3.63, 3.8) is 0 Å². The van der Waals surface area contributed by atoms with Gasteiger partial charge in [0.2, 0.25) is 0 Å². The summed E-state index contributed by atoms with van der Waals surface area (Å²) in [6.07, 6.45) is 2.38. The number of nitrogens with one attached hydrogen (secondary N) is 1. The van der Waals surface area contributed by atoms with Gasteiger partial charge in [-0.3, -0.25) is 0 Å². The van der Waals surface area contributed by atoms with E-state index in [-0.39, 0.29) is 0 Å². The van der Waals surface area contributed by atoms with E-state index in [0.29, 0.717) is 5.92 Å². The lowest BCUT2D eigenvalue weighted by Crippen LogP contribution is -2.11. The number of hydrogen-bond donors (Lipinski definition) is 2. The average Bonchev–Trinajstić information content (AvgIpc) is 2.21. The molecule has 1 aromatic carbocycles. The molecular formula is C12H20N2. The van der Waals surface area contributed by atoms with Crippen molar-refractivity contribution >= 4 is 5.69 Å². The van der Waals surface area contributed by atoms with Gasteiger partial charge in [-0.25, -0.2) is 0 Å². The van der Waals surface area contributed by atoms with Gasteiger partial charge in [-0.15, -0.1) is 0 Å². The highest BCUT2D eigenvalue weighted by Gasteiger charge is 2.07. The molecule has 0 aliphatic rings. The van der Waals surface area contributed by atoms with Crippen molar-refractivity contribution in [3.8, 4) is 0 Å². The van der Waals surface area contributed by atoms with Crippen molar-refractivity contribution in [2.75, 3.05) is 19.3 Å². The standard InChI is InChI=1S/C12H20N2/c1-3-10(8-9-14-2)11-4-6-12(13)7-5-11/h4-7,10,14H,3,8-9,13H2,1-2H3. The van der Waals surface area contributed by atoms with Crippen molar-refractivity contribution in [2.45, 2.75) is 25.7 Å². The Labute approximate surface area is 86.5 Å². The van der Waals surface area contributed by atoms with Crippen LogP contribution in [0.25, 0.3) is 0 Å². The van der Waals surface area contributed by atoms with Crippen LogP contribution in [0.3, 0.4) is 0 Å². The van der Waals surface area contributed by atoms with Gasteiger partial charge in [0.05, 0.1) is 0 Å². The molecule has 0 aliphatic heterocycles. The molecular weight excluding hydrogens is 172 g/mol. The summed E-state index contributed by atoms with van der Waals surface area (Å²) in [5.74, 6) is 0.656. The molecule has 1 unspecified atom stereocenters. The number of benzene rings is 1. The Morgan fingerprint density at radius 1 is 1.29 bits per heavy atom. The van der Waals surface area contributed by atoms with Crippen LogP contribution in [-0.4, -0.2) is 13.6 Å². The normalized spacial score (nSPS) is 12.7. The molecule has 1 rings (SSSR count). The fourth-order valence-electron chi connectivity index (χ4n) is 1.69. The Kier molecular flexibility index (Phi) is 4.47. The summed E-state index contributed by atoms with van der Waals surface area (Å²) in [6, 6.07) is 8.24. The predicted molar refractivity (Wildman–Crippen MR) is 62.4 cm³/mol. The Balaban J connectivity index is 2.64. The monoisotopic (exact) mass is 192 g/mol. The first kappa shape index (κ1) is 11.1. The molecule has 2 nitrogen and oxygen atoms in total. The summed E-state index contributed by atoms with van der Waals surface area (Å²) in [4.78, 5) is 0. The minimum absolute atomic E-state index is 0.656. The van der Waals surface area contributed by atoms with Crippen LogP contribution in [0.5, 0.6) is 0 Å². The summed E-state index contributed by atoms with van der Waals surface area (Å²) >= 11 is 0. The lowest BCUT2D eigenvalue weighted by molar-refractivity contribution is 0.581. The Hall–Kier alpha value is -1.02. The third kappa shape index (κ3) is 3.04. The summed E-state index contributed by atoms with van der Waals surface area (Å²) in [6.45, 7) is 3.31. The first-order valence-corrected chi connectivity index (χ1v) is 5.28. The van der Waals surface area contributed by atoms with E-state index in [0.717, 1.165) is 12.2 Å². The minimum atomic E-state index is 0.656. The quantitative estimate of drug-likeness (QED) is 0.703. The van der Waals surface area contributed by atoms with Gasteiger partial charge in [-0.1, -0.05) is 19.1 Å². The van der Waals surface area contributed by atoms with Gasteiger partial charge in [0, 0.05) is 5.69 Å². The molecule has 78 valence electrons. The highest BCUT2D eigenvalue weighted by Crippen LogP contribution is 2.23. The molecule has 2 heteroatoms. The maximum absolute atomic E-state index is 5.66. The minimum Gasteiger partial charge on any atom is -0.399 e. The Bertz CT molecular complexity index is 254. The third-order valence-corrected chi connectivity index (χ3v) is 2.64. The predicted octanol–water partition coefficient (Wildman–Crippen LogP) is 2.37. The van der Waals surface area contributed by atoms with Gasteiger partial charge in [-0.2, -0.15) is 0 Å². The topological polar surface area (TPSA) is 38.0 Å². The number of nitrogens with two attached hydrogens (primary N) is 1. The van der Waals surface area contributed by atoms with Crippen molar-refractivity contribution in [3.05, 3.63) is 29.8 Å². The van der Waals surface area contributed by atoms with Crippen LogP contribution in [0, 0.1) is 0 Å². The molecule has 3 N–H and O–H groups in total. The van der Waals surface area contributed by atoms with Crippen LogP contribution in [-0.2, 0) is 0 Å². The summed E-state index contributed by atoms with van der Waals surface area (Å²) in [5.41, 5.74) is 7.90. The largest absolute Gasteiger partial charge is 0.399 e. The zero-order chi connectivity index (χ0) is 10.4. The molecule has 1 aromatic rings. The Morgan fingerprint density at radius 2 is 1.93 bits per heavy atom. The number of hydrogen-bond acceptors (Lipinski definition) is 2. The average molecular weight is 192 g/mol. The van der Waals surface area contributed by atoms with Gasteiger partial charge in [0.25, 0.3) is 0 Å². The maximum Gasteiger partial charge on any atom is 0.0314 e. The van der Waals surface area contributed by atoms with Gasteiger partial charge in [0.15, 0.2) is 0 Å². The van der Waals surface area contributed by atoms with Crippen molar-refractivity contribution in [1.82, 2.24) is 5.32 Å². The van der Waals surface area contributed by atoms with Crippen molar-refractivity contribution in [2.24, 2.45) is 0 Å². The Morgan fingerprint density at radius 3 is 2.43 bits per heavy atom. The van der Waals surface area contributed by atoms with Gasteiger partial charge in [-0.05, 0) is 50.0 Å². The van der Waals surface area contributed by atoms with E-state index < -0.39 is 0 Å². The second-order valence-electron chi connectivity index (χ2n) is 3.66. The molecule has 0 heterocycles. The van der Waals surface area contributed by atoms with Gasteiger partial charge < -0.3 is 11.1 Å². The van der Waals surface area contributed by atoms with Crippen LogP contribution >= 0.6 is 0 Å². The maximum atomic E-state index is 5.66. The highest BCUT2D eigenvalue weighted by molar-refractivity contribution is 5.40. The van der Waals surface area contributed by atoms with E-state index in [4.69, 9.17) is 5.73 Å². The SMILES string of the molecule is CCC(CCNC)c1ccc(N)cc1. The third-order valence-electron chi connectivity index (χ3n) is 2.64. The van der Waals surface area contributed by atoms with Crippen LogP contribution < -0.4 is 11.1 Å². The van der Waals surface area contributed by atoms with Crippen LogP contribution in [0.15, 0.2) is 24.3 Å². The lowest BCUT2D eigenvalue weighted by Gasteiger charge is -2.15. The molecule has 0 bridgehead atoms. The molecule has 0 amide bonds. The molecule has 0 aromatic heterocycles. The van der Waals surface area contributed by atoms with E-state index in [1.54, 1.807) is 0 Å². The number of anilines is 1. The summed E-state index contributed by atoms with van der Waals surface area (Å²) < 4.78 is 0. The molecule has 14 heavy (non-hydrogen) atoms. The molecule has 0 spiro atoms. The summed E-state index contributed by atoms with van der Waals surface area (Å²) in [7, 11) is 2.00. The van der Waals surface area contributed by atoms with E-state index in [2.05, 4.69) is 24.4 Å². The second kappa shape index (κ2) is 5.66. The first-order chi connectivity index (χ1) is 6.77. The first-order valence-electron chi connectivity index (χ1n) is 5.28. The fourth-order valence-corrected chi connectivity index (χ4v) is 1.69. The van der Waals surface area contributed by atoms with Gasteiger partial charge in [0.1, 0.15) is 0 Å². The number of nitrogen functional groups attached to an aromatic ring is 1. The van der Waals surface area contributed by atoms with E-state index >= 15 is 0 Å². The van der Waals surface area contributed by atoms with Crippen LogP contribution in [0.2, 0.25) is 0 Å². The second-order valence-corrected chi connectivity index (χ2v) is 3.66. The summed E-state index contributed by atoms with van der Waals surface area (Å²) in [5, 5.41) is 3.19. The molecule has 1 atom stereocenters. The zero-order valence-electron chi connectivity index (χ0n) is 9.09. The van der Waals surface area contributed by atoms with E-state index in [1.807, 2.05) is 19.2 Å².